The number of piperidine rings is 1. The van der Waals surface area contributed by atoms with Crippen molar-refractivity contribution in [2.75, 3.05) is 39.9 Å². The summed E-state index contributed by atoms with van der Waals surface area (Å²) >= 11 is 0. The predicted octanol–water partition coefficient (Wildman–Crippen LogP) is 0.520. The van der Waals surface area contributed by atoms with Gasteiger partial charge in [-0.1, -0.05) is 12.8 Å². The molecule has 130 valence electrons. The van der Waals surface area contributed by atoms with Gasteiger partial charge in [-0.25, -0.2) is 0 Å². The molecule has 23 heavy (non-hydrogen) atoms. The van der Waals surface area contributed by atoms with Crippen molar-refractivity contribution in [3.8, 4) is 0 Å². The fourth-order valence-corrected chi connectivity index (χ4v) is 4.51. The Labute approximate surface area is 138 Å². The average Bonchev–Trinajstić information content (AvgIpc) is 3.01. The van der Waals surface area contributed by atoms with E-state index in [2.05, 4.69) is 10.6 Å². The lowest BCUT2D eigenvalue weighted by Gasteiger charge is -2.39. The van der Waals surface area contributed by atoms with Gasteiger partial charge in [0, 0.05) is 32.8 Å². The molecule has 6 heteroatoms. The van der Waals surface area contributed by atoms with E-state index >= 15 is 0 Å². The first kappa shape index (κ1) is 16.7. The Kier molecular flexibility index (Phi) is 5.21. The van der Waals surface area contributed by atoms with Crippen molar-refractivity contribution >= 4 is 11.8 Å². The van der Waals surface area contributed by atoms with Gasteiger partial charge in [0.25, 0.3) is 0 Å². The van der Waals surface area contributed by atoms with Gasteiger partial charge in [-0.2, -0.15) is 0 Å². The van der Waals surface area contributed by atoms with Crippen molar-refractivity contribution in [1.82, 2.24) is 15.5 Å². The van der Waals surface area contributed by atoms with Crippen LogP contribution in [0.15, 0.2) is 0 Å². The standard InChI is InChI=1S/C17H29N3O3/c1-23-11-15(21)20-8-5-14(6-9-20)19-16(22)17-7-3-2-4-13(17)10-18-12-17/h13-14,18H,2-12H2,1H3,(H,19,22)/t13-,17+/m0/s1. The Morgan fingerprint density at radius 1 is 1.26 bits per heavy atom. The van der Waals surface area contributed by atoms with Crippen molar-refractivity contribution in [3.05, 3.63) is 0 Å². The maximum absolute atomic E-state index is 12.9. The molecule has 3 fully saturated rings. The summed E-state index contributed by atoms with van der Waals surface area (Å²) in [5, 5.41) is 6.73. The third-order valence-corrected chi connectivity index (χ3v) is 5.94. The van der Waals surface area contributed by atoms with Crippen LogP contribution >= 0.6 is 0 Å². The number of ether oxygens (including phenoxy) is 1. The van der Waals surface area contributed by atoms with E-state index in [1.54, 1.807) is 7.11 Å². The van der Waals surface area contributed by atoms with Crippen LogP contribution in [0.2, 0.25) is 0 Å². The molecule has 3 rings (SSSR count). The Bertz CT molecular complexity index is 448. The summed E-state index contributed by atoms with van der Waals surface area (Å²) in [6.45, 7) is 3.38. The number of amides is 2. The Balaban J connectivity index is 1.52. The van der Waals surface area contributed by atoms with Crippen molar-refractivity contribution < 1.29 is 14.3 Å². The molecule has 2 atom stereocenters. The summed E-state index contributed by atoms with van der Waals surface area (Å²) in [6.07, 6.45) is 6.29. The summed E-state index contributed by atoms with van der Waals surface area (Å²) in [5.74, 6) is 0.789. The molecule has 2 amide bonds. The number of hydrogen-bond acceptors (Lipinski definition) is 4. The van der Waals surface area contributed by atoms with Gasteiger partial charge in [0.1, 0.15) is 6.61 Å². The van der Waals surface area contributed by atoms with Crippen LogP contribution < -0.4 is 10.6 Å². The minimum atomic E-state index is -0.179. The molecule has 3 aliphatic rings. The van der Waals surface area contributed by atoms with E-state index < -0.39 is 0 Å². The van der Waals surface area contributed by atoms with Crippen molar-refractivity contribution in [2.24, 2.45) is 11.3 Å². The molecule has 1 aliphatic carbocycles. The molecule has 0 unspecified atom stereocenters. The van der Waals surface area contributed by atoms with Crippen LogP contribution in [0.3, 0.4) is 0 Å². The highest BCUT2D eigenvalue weighted by molar-refractivity contribution is 5.84. The molecule has 2 heterocycles. The number of carbonyl (C=O) groups excluding carboxylic acids is 2. The molecule has 2 saturated heterocycles. The third-order valence-electron chi connectivity index (χ3n) is 5.94. The number of methoxy groups -OCH3 is 1. The highest BCUT2D eigenvalue weighted by Gasteiger charge is 2.50. The van der Waals surface area contributed by atoms with E-state index in [4.69, 9.17) is 4.74 Å². The first-order chi connectivity index (χ1) is 11.2. The topological polar surface area (TPSA) is 70.7 Å². The second-order valence-corrected chi connectivity index (χ2v) is 7.29. The molecular formula is C17H29N3O3. The Morgan fingerprint density at radius 2 is 2.04 bits per heavy atom. The van der Waals surface area contributed by atoms with E-state index in [0.717, 1.165) is 38.8 Å². The Morgan fingerprint density at radius 3 is 2.78 bits per heavy atom. The quantitative estimate of drug-likeness (QED) is 0.791. The van der Waals surface area contributed by atoms with E-state index in [1.807, 2.05) is 4.90 Å². The molecule has 2 aliphatic heterocycles. The van der Waals surface area contributed by atoms with E-state index in [9.17, 15) is 9.59 Å². The highest BCUT2D eigenvalue weighted by atomic mass is 16.5. The minimum absolute atomic E-state index is 0.0446. The number of nitrogens with zero attached hydrogens (tertiary/aromatic N) is 1. The van der Waals surface area contributed by atoms with Gasteiger partial charge in [0.05, 0.1) is 5.41 Å². The number of rotatable bonds is 4. The number of hydrogen-bond donors (Lipinski definition) is 2. The number of likely N-dealkylation sites (tertiary alicyclic amines) is 1. The molecule has 6 nitrogen and oxygen atoms in total. The molecule has 0 radical (unpaired) electrons. The summed E-state index contributed by atoms with van der Waals surface area (Å²) in [4.78, 5) is 26.6. The van der Waals surface area contributed by atoms with E-state index in [0.29, 0.717) is 19.0 Å². The van der Waals surface area contributed by atoms with Crippen LogP contribution in [0.1, 0.15) is 38.5 Å². The SMILES string of the molecule is COCC(=O)N1CCC(NC(=O)[C@@]23CCCC[C@H]2CNC3)CC1. The van der Waals surface area contributed by atoms with Crippen molar-refractivity contribution in [1.29, 1.82) is 0 Å². The van der Waals surface area contributed by atoms with Gasteiger partial charge >= 0.3 is 0 Å². The van der Waals surface area contributed by atoms with Crippen LogP contribution in [0.5, 0.6) is 0 Å². The largest absolute Gasteiger partial charge is 0.375 e. The highest BCUT2D eigenvalue weighted by Crippen LogP contribution is 2.44. The van der Waals surface area contributed by atoms with Crippen LogP contribution in [0.25, 0.3) is 0 Å². The zero-order chi connectivity index (χ0) is 16.3. The monoisotopic (exact) mass is 323 g/mol. The van der Waals surface area contributed by atoms with Crippen molar-refractivity contribution in [2.45, 2.75) is 44.6 Å². The lowest BCUT2D eigenvalue weighted by atomic mass is 9.67. The lowest BCUT2D eigenvalue weighted by molar-refractivity contribution is -0.137. The van der Waals surface area contributed by atoms with Gasteiger partial charge in [0.15, 0.2) is 0 Å². The van der Waals surface area contributed by atoms with Gasteiger partial charge in [-0.3, -0.25) is 9.59 Å². The summed E-state index contributed by atoms with van der Waals surface area (Å²) < 4.78 is 4.91. The number of fused-ring (bicyclic) bond motifs is 1. The third kappa shape index (κ3) is 3.38. The normalized spacial score (nSPS) is 31.7. The molecule has 1 saturated carbocycles. The molecule has 0 spiro atoms. The smallest absolute Gasteiger partial charge is 0.248 e. The van der Waals surface area contributed by atoms with Crippen LogP contribution in [0, 0.1) is 11.3 Å². The molecule has 0 aromatic heterocycles. The molecule has 0 aromatic carbocycles. The predicted molar refractivity (Wildman–Crippen MR) is 86.9 cm³/mol. The maximum atomic E-state index is 12.9. The lowest BCUT2D eigenvalue weighted by Crippen LogP contribution is -2.53. The fourth-order valence-electron chi connectivity index (χ4n) is 4.51. The first-order valence-corrected chi connectivity index (χ1v) is 8.94. The van der Waals surface area contributed by atoms with Crippen molar-refractivity contribution in [3.63, 3.8) is 0 Å². The van der Waals surface area contributed by atoms with Crippen LogP contribution in [0.4, 0.5) is 0 Å². The summed E-state index contributed by atoms with van der Waals surface area (Å²) in [7, 11) is 1.54. The van der Waals surface area contributed by atoms with Crippen LogP contribution in [-0.4, -0.2) is 62.7 Å². The average molecular weight is 323 g/mol. The Hall–Kier alpha value is -1.14. The summed E-state index contributed by atoms with van der Waals surface area (Å²) in [5.41, 5.74) is -0.179. The zero-order valence-electron chi connectivity index (χ0n) is 14.1. The molecule has 0 aromatic rings. The first-order valence-electron chi connectivity index (χ1n) is 8.94. The van der Waals surface area contributed by atoms with E-state index in [-0.39, 0.29) is 29.9 Å². The maximum Gasteiger partial charge on any atom is 0.248 e. The summed E-state index contributed by atoms with van der Waals surface area (Å²) in [6, 6.07) is 0.201. The van der Waals surface area contributed by atoms with Gasteiger partial charge < -0.3 is 20.3 Å². The van der Waals surface area contributed by atoms with E-state index in [1.165, 1.54) is 12.8 Å². The molecule has 0 bridgehead atoms. The van der Waals surface area contributed by atoms with Gasteiger partial charge in [-0.05, 0) is 38.1 Å². The fraction of sp³-hybridized carbons (Fsp3) is 0.882. The van der Waals surface area contributed by atoms with Gasteiger partial charge in [-0.15, -0.1) is 0 Å². The number of nitrogens with one attached hydrogen (secondary N) is 2. The zero-order valence-corrected chi connectivity index (χ0v) is 14.1. The van der Waals surface area contributed by atoms with Crippen LogP contribution in [-0.2, 0) is 14.3 Å². The minimum Gasteiger partial charge on any atom is -0.375 e. The second kappa shape index (κ2) is 7.18. The second-order valence-electron chi connectivity index (χ2n) is 7.29. The molecular weight excluding hydrogens is 294 g/mol. The molecule has 2 N–H and O–H groups in total. The van der Waals surface area contributed by atoms with Gasteiger partial charge in [0.2, 0.25) is 11.8 Å². The number of carbonyl (C=O) groups is 2.